The van der Waals surface area contributed by atoms with E-state index in [9.17, 15) is 0 Å². The van der Waals surface area contributed by atoms with Gasteiger partial charge in [0.2, 0.25) is 0 Å². The molecule has 0 aliphatic carbocycles. The van der Waals surface area contributed by atoms with Crippen LogP contribution in [0.3, 0.4) is 0 Å². The van der Waals surface area contributed by atoms with E-state index in [0.29, 0.717) is 0 Å². The van der Waals surface area contributed by atoms with Gasteiger partial charge < -0.3 is 0 Å². The Morgan fingerprint density at radius 2 is 2.07 bits per heavy atom. The smallest absolute Gasteiger partial charge is 0.0645 e. The summed E-state index contributed by atoms with van der Waals surface area (Å²) in [7, 11) is 0. The zero-order valence-electron chi connectivity index (χ0n) is 8.85. The monoisotopic (exact) mass is 198 g/mol. The summed E-state index contributed by atoms with van der Waals surface area (Å²) in [5.41, 5.74) is 3.54. The maximum absolute atomic E-state index is 4.26. The highest BCUT2D eigenvalue weighted by molar-refractivity contribution is 5.34. The Hall–Kier alpha value is -1.83. The van der Waals surface area contributed by atoms with E-state index in [-0.39, 0.29) is 0 Å². The number of allylic oxidation sites excluding steroid dienone is 1. The molecule has 0 atom stereocenters. The third kappa shape index (κ3) is 2.15. The van der Waals surface area contributed by atoms with Crippen LogP contribution < -0.4 is 0 Å². The molecule has 2 nitrogen and oxygen atoms in total. The Balaban J connectivity index is 2.27. The minimum absolute atomic E-state index is 0.915. The predicted octanol–water partition coefficient (Wildman–Crippen LogP) is 2.91. The van der Waals surface area contributed by atoms with Crippen molar-refractivity contribution in [3.05, 3.63) is 60.4 Å². The molecule has 0 fully saturated rings. The molecule has 0 spiro atoms. The van der Waals surface area contributed by atoms with Crippen molar-refractivity contribution < 1.29 is 0 Å². The maximum atomic E-state index is 4.26. The Morgan fingerprint density at radius 1 is 1.33 bits per heavy atom. The van der Waals surface area contributed by atoms with Crippen LogP contribution in [0.1, 0.15) is 11.1 Å². The van der Waals surface area contributed by atoms with Gasteiger partial charge in [-0.25, -0.2) is 4.68 Å². The molecule has 2 aromatic rings. The van der Waals surface area contributed by atoms with Gasteiger partial charge in [-0.3, -0.25) is 0 Å². The van der Waals surface area contributed by atoms with Crippen LogP contribution in [0.5, 0.6) is 0 Å². The predicted molar refractivity (Wildman–Crippen MR) is 62.2 cm³/mol. The first kappa shape index (κ1) is 9.71. The SMILES string of the molecule is C=CCc1ccc(-n2cc(C)cn2)cc1. The lowest BCUT2D eigenvalue weighted by atomic mass is 10.1. The molecular formula is C13H14N2. The van der Waals surface area contributed by atoms with Gasteiger partial charge in [0.05, 0.1) is 11.9 Å². The van der Waals surface area contributed by atoms with Crippen LogP contribution in [0, 0.1) is 6.92 Å². The van der Waals surface area contributed by atoms with Crippen molar-refractivity contribution in [2.45, 2.75) is 13.3 Å². The normalized spacial score (nSPS) is 10.2. The quantitative estimate of drug-likeness (QED) is 0.693. The minimum Gasteiger partial charge on any atom is -0.241 e. The molecule has 2 rings (SSSR count). The number of benzene rings is 1. The fraction of sp³-hybridized carbons (Fsp3) is 0.154. The molecule has 0 amide bonds. The van der Waals surface area contributed by atoms with Gasteiger partial charge in [0, 0.05) is 6.20 Å². The van der Waals surface area contributed by atoms with Crippen LogP contribution in [0.4, 0.5) is 0 Å². The summed E-state index contributed by atoms with van der Waals surface area (Å²) in [6.45, 7) is 5.76. The van der Waals surface area contributed by atoms with Crippen molar-refractivity contribution in [1.29, 1.82) is 0 Å². The van der Waals surface area contributed by atoms with Crippen molar-refractivity contribution in [3.8, 4) is 5.69 Å². The van der Waals surface area contributed by atoms with E-state index in [1.807, 2.05) is 30.1 Å². The Bertz CT molecular complexity index is 452. The topological polar surface area (TPSA) is 17.8 Å². The number of rotatable bonds is 3. The molecule has 0 N–H and O–H groups in total. The summed E-state index contributed by atoms with van der Waals surface area (Å²) < 4.78 is 1.88. The van der Waals surface area contributed by atoms with Crippen LogP contribution >= 0.6 is 0 Å². The number of nitrogens with zero attached hydrogens (tertiary/aromatic N) is 2. The molecule has 0 saturated carbocycles. The molecule has 1 aromatic heterocycles. The highest BCUT2D eigenvalue weighted by Crippen LogP contribution is 2.10. The summed E-state index contributed by atoms with van der Waals surface area (Å²) >= 11 is 0. The van der Waals surface area contributed by atoms with E-state index < -0.39 is 0 Å². The molecule has 0 aliphatic heterocycles. The molecule has 1 aromatic carbocycles. The van der Waals surface area contributed by atoms with E-state index in [2.05, 4.69) is 35.9 Å². The van der Waals surface area contributed by atoms with Crippen LogP contribution in [0.25, 0.3) is 5.69 Å². The fourth-order valence-corrected chi connectivity index (χ4v) is 1.51. The third-order valence-electron chi connectivity index (χ3n) is 2.29. The summed E-state index contributed by atoms with van der Waals surface area (Å²) in [4.78, 5) is 0. The van der Waals surface area contributed by atoms with Gasteiger partial charge in [-0.2, -0.15) is 5.10 Å². The Labute approximate surface area is 89.9 Å². The zero-order valence-corrected chi connectivity index (χ0v) is 8.85. The van der Waals surface area contributed by atoms with Gasteiger partial charge in [0.1, 0.15) is 0 Å². The van der Waals surface area contributed by atoms with E-state index in [0.717, 1.165) is 12.1 Å². The highest BCUT2D eigenvalue weighted by Gasteiger charge is 1.97. The number of hydrogen-bond donors (Lipinski definition) is 0. The van der Waals surface area contributed by atoms with Gasteiger partial charge in [0.25, 0.3) is 0 Å². The van der Waals surface area contributed by atoms with E-state index in [1.165, 1.54) is 11.1 Å². The van der Waals surface area contributed by atoms with Gasteiger partial charge in [-0.1, -0.05) is 18.2 Å². The second kappa shape index (κ2) is 4.13. The lowest BCUT2D eigenvalue weighted by molar-refractivity contribution is 0.879. The fourth-order valence-electron chi connectivity index (χ4n) is 1.51. The third-order valence-corrected chi connectivity index (χ3v) is 2.29. The zero-order chi connectivity index (χ0) is 10.7. The number of aromatic nitrogens is 2. The van der Waals surface area contributed by atoms with Gasteiger partial charge >= 0.3 is 0 Å². The molecule has 0 saturated heterocycles. The van der Waals surface area contributed by atoms with Crippen LogP contribution in [-0.4, -0.2) is 9.78 Å². The summed E-state index contributed by atoms with van der Waals surface area (Å²) in [6, 6.07) is 8.36. The van der Waals surface area contributed by atoms with Crippen LogP contribution in [0.2, 0.25) is 0 Å². The molecule has 0 radical (unpaired) electrons. The first-order chi connectivity index (χ1) is 7.29. The van der Waals surface area contributed by atoms with Gasteiger partial charge in [-0.05, 0) is 36.6 Å². The molecule has 1 heterocycles. The van der Waals surface area contributed by atoms with Gasteiger partial charge in [0.15, 0.2) is 0 Å². The average Bonchev–Trinajstić information content (AvgIpc) is 2.67. The van der Waals surface area contributed by atoms with E-state index in [4.69, 9.17) is 0 Å². The lowest BCUT2D eigenvalue weighted by Gasteiger charge is -2.02. The average molecular weight is 198 g/mol. The van der Waals surface area contributed by atoms with E-state index >= 15 is 0 Å². The highest BCUT2D eigenvalue weighted by atomic mass is 15.3. The van der Waals surface area contributed by atoms with Crippen molar-refractivity contribution in [3.63, 3.8) is 0 Å². The summed E-state index contributed by atoms with van der Waals surface area (Å²) in [5, 5.41) is 4.26. The maximum Gasteiger partial charge on any atom is 0.0645 e. The van der Waals surface area contributed by atoms with Crippen molar-refractivity contribution in [2.24, 2.45) is 0 Å². The van der Waals surface area contributed by atoms with Crippen molar-refractivity contribution in [1.82, 2.24) is 9.78 Å². The van der Waals surface area contributed by atoms with E-state index in [1.54, 1.807) is 0 Å². The first-order valence-electron chi connectivity index (χ1n) is 5.01. The molecule has 76 valence electrons. The van der Waals surface area contributed by atoms with Crippen LogP contribution in [-0.2, 0) is 6.42 Å². The first-order valence-corrected chi connectivity index (χ1v) is 5.01. The Morgan fingerprint density at radius 3 is 2.60 bits per heavy atom. The summed E-state index contributed by atoms with van der Waals surface area (Å²) in [6.07, 6.45) is 6.70. The molecule has 2 heteroatoms. The molecule has 0 bridgehead atoms. The summed E-state index contributed by atoms with van der Waals surface area (Å²) in [5.74, 6) is 0. The van der Waals surface area contributed by atoms with Gasteiger partial charge in [-0.15, -0.1) is 6.58 Å². The molecule has 15 heavy (non-hydrogen) atoms. The molecule has 0 unspecified atom stereocenters. The molecule has 0 aliphatic rings. The Kier molecular flexibility index (Phi) is 2.68. The second-order valence-corrected chi connectivity index (χ2v) is 3.62. The second-order valence-electron chi connectivity index (χ2n) is 3.62. The lowest BCUT2D eigenvalue weighted by Crippen LogP contribution is -1.94. The minimum atomic E-state index is 0.915. The molecular weight excluding hydrogens is 184 g/mol. The number of aryl methyl sites for hydroxylation is 1. The number of hydrogen-bond acceptors (Lipinski definition) is 1. The van der Waals surface area contributed by atoms with Crippen molar-refractivity contribution >= 4 is 0 Å². The standard InChI is InChI=1S/C13H14N2/c1-3-4-12-5-7-13(8-6-12)15-10-11(2)9-14-15/h3,5-10H,1,4H2,2H3. The van der Waals surface area contributed by atoms with Crippen molar-refractivity contribution in [2.75, 3.05) is 0 Å². The van der Waals surface area contributed by atoms with Crippen LogP contribution in [0.15, 0.2) is 49.3 Å². The largest absolute Gasteiger partial charge is 0.241 e.